The Kier molecular flexibility index (Phi) is 4.13. The van der Waals surface area contributed by atoms with Crippen LogP contribution in [0.25, 0.3) is 10.9 Å². The molecule has 0 N–H and O–H groups in total. The first-order chi connectivity index (χ1) is 11.8. The Morgan fingerprint density at radius 3 is 3.04 bits per heavy atom. The summed E-state index contributed by atoms with van der Waals surface area (Å²) < 4.78 is 5.72. The molecule has 1 fully saturated rings. The van der Waals surface area contributed by atoms with Crippen LogP contribution in [0.4, 0.5) is 0 Å². The lowest BCUT2D eigenvalue weighted by Crippen LogP contribution is -2.34. The molecule has 0 aliphatic carbocycles. The van der Waals surface area contributed by atoms with E-state index >= 15 is 0 Å². The van der Waals surface area contributed by atoms with Gasteiger partial charge >= 0.3 is 0 Å². The summed E-state index contributed by atoms with van der Waals surface area (Å²) in [6.07, 6.45) is 3.51. The predicted octanol–water partition coefficient (Wildman–Crippen LogP) is 3.43. The molecule has 3 aromatic rings. The van der Waals surface area contributed by atoms with E-state index in [0.29, 0.717) is 5.88 Å². The fraction of sp³-hybridized carbons (Fsp3) is 0.278. The Morgan fingerprint density at radius 2 is 2.17 bits per heavy atom. The quantitative estimate of drug-likeness (QED) is 0.731. The van der Waals surface area contributed by atoms with Crippen molar-refractivity contribution in [2.75, 3.05) is 13.2 Å². The number of carbonyl (C=O) groups is 1. The molecule has 0 bridgehead atoms. The van der Waals surface area contributed by atoms with E-state index < -0.39 is 0 Å². The Morgan fingerprint density at radius 1 is 1.25 bits per heavy atom. The first-order valence-electron chi connectivity index (χ1n) is 7.98. The number of amides is 1. The summed E-state index contributed by atoms with van der Waals surface area (Å²) in [5, 5.41) is 2.88. The van der Waals surface area contributed by atoms with E-state index in [0.717, 1.165) is 30.3 Å². The molecule has 1 aromatic carbocycles. The SMILES string of the molecule is O=C(COc1ncnc2ccccc12)N1CCCC1c1cccs1. The highest BCUT2D eigenvalue weighted by Gasteiger charge is 2.30. The largest absolute Gasteiger partial charge is 0.467 e. The van der Waals surface area contributed by atoms with E-state index in [1.54, 1.807) is 11.3 Å². The minimum absolute atomic E-state index is 0.00286. The Balaban J connectivity index is 1.48. The van der Waals surface area contributed by atoms with Crippen LogP contribution in [0.5, 0.6) is 5.88 Å². The molecule has 1 saturated heterocycles. The van der Waals surface area contributed by atoms with Crippen molar-refractivity contribution < 1.29 is 9.53 Å². The van der Waals surface area contributed by atoms with Crippen LogP contribution < -0.4 is 4.74 Å². The minimum Gasteiger partial charge on any atom is -0.467 e. The first-order valence-corrected chi connectivity index (χ1v) is 8.86. The third-order valence-electron chi connectivity index (χ3n) is 4.28. The zero-order chi connectivity index (χ0) is 16.4. The number of likely N-dealkylation sites (tertiary alicyclic amines) is 1. The van der Waals surface area contributed by atoms with Gasteiger partial charge in [0.15, 0.2) is 6.61 Å². The molecular weight excluding hydrogens is 322 g/mol. The third-order valence-corrected chi connectivity index (χ3v) is 5.26. The highest BCUT2D eigenvalue weighted by molar-refractivity contribution is 7.10. The standard InChI is InChI=1S/C18H17N3O2S/c22-17(21-9-3-7-15(21)16-8-4-10-24-16)11-23-18-13-5-1-2-6-14(13)19-12-20-18/h1-2,4-6,8,10,12,15H,3,7,9,11H2. The normalized spacial score (nSPS) is 17.3. The van der Waals surface area contributed by atoms with Gasteiger partial charge in [0.2, 0.25) is 5.88 Å². The van der Waals surface area contributed by atoms with Crippen LogP contribution in [-0.4, -0.2) is 33.9 Å². The molecular formula is C18H17N3O2S. The number of nitrogens with zero attached hydrogens (tertiary/aromatic N) is 3. The van der Waals surface area contributed by atoms with Gasteiger partial charge < -0.3 is 9.64 Å². The smallest absolute Gasteiger partial charge is 0.261 e. The van der Waals surface area contributed by atoms with Crippen molar-refractivity contribution in [2.45, 2.75) is 18.9 Å². The van der Waals surface area contributed by atoms with E-state index in [9.17, 15) is 4.79 Å². The van der Waals surface area contributed by atoms with Crippen molar-refractivity contribution in [2.24, 2.45) is 0 Å². The van der Waals surface area contributed by atoms with E-state index in [4.69, 9.17) is 4.74 Å². The maximum atomic E-state index is 12.6. The van der Waals surface area contributed by atoms with Gasteiger partial charge in [-0.2, -0.15) is 0 Å². The van der Waals surface area contributed by atoms with Gasteiger partial charge in [-0.05, 0) is 36.4 Å². The monoisotopic (exact) mass is 339 g/mol. The molecule has 0 radical (unpaired) electrons. The van der Waals surface area contributed by atoms with Crippen LogP contribution in [-0.2, 0) is 4.79 Å². The average molecular weight is 339 g/mol. The second-order valence-electron chi connectivity index (χ2n) is 5.75. The van der Waals surface area contributed by atoms with Crippen molar-refractivity contribution in [3.63, 3.8) is 0 Å². The molecule has 5 nitrogen and oxygen atoms in total. The van der Waals surface area contributed by atoms with Crippen molar-refractivity contribution in [3.05, 3.63) is 53.0 Å². The van der Waals surface area contributed by atoms with Gasteiger partial charge in [-0.3, -0.25) is 4.79 Å². The lowest BCUT2D eigenvalue weighted by molar-refractivity contribution is -0.134. The molecule has 4 rings (SSSR count). The third kappa shape index (κ3) is 2.85. The van der Waals surface area contributed by atoms with Crippen LogP contribution in [0.2, 0.25) is 0 Å². The highest BCUT2D eigenvalue weighted by Crippen LogP contribution is 2.34. The fourth-order valence-corrected chi connectivity index (χ4v) is 4.02. The number of ether oxygens (including phenoxy) is 1. The van der Waals surface area contributed by atoms with E-state index in [2.05, 4.69) is 21.4 Å². The summed E-state index contributed by atoms with van der Waals surface area (Å²) in [4.78, 5) is 24.2. The maximum Gasteiger partial charge on any atom is 0.261 e. The number of benzene rings is 1. The number of fused-ring (bicyclic) bond motifs is 1. The summed E-state index contributed by atoms with van der Waals surface area (Å²) in [5.41, 5.74) is 0.813. The predicted molar refractivity (Wildman–Crippen MR) is 93.0 cm³/mol. The summed E-state index contributed by atoms with van der Waals surface area (Å²) in [7, 11) is 0. The number of thiophene rings is 1. The van der Waals surface area contributed by atoms with Crippen molar-refractivity contribution in [1.29, 1.82) is 0 Å². The van der Waals surface area contributed by atoms with Crippen molar-refractivity contribution in [1.82, 2.24) is 14.9 Å². The molecule has 1 aliphatic heterocycles. The second kappa shape index (κ2) is 6.57. The van der Waals surface area contributed by atoms with E-state index in [1.165, 1.54) is 11.2 Å². The molecule has 3 heterocycles. The van der Waals surface area contributed by atoms with Gasteiger partial charge in [0.1, 0.15) is 6.33 Å². The minimum atomic E-state index is 0.00286. The van der Waals surface area contributed by atoms with Gasteiger partial charge in [-0.1, -0.05) is 18.2 Å². The number of hydrogen-bond acceptors (Lipinski definition) is 5. The molecule has 1 atom stereocenters. The van der Waals surface area contributed by atoms with Crippen LogP contribution in [0.3, 0.4) is 0 Å². The Labute approximate surface area is 143 Å². The van der Waals surface area contributed by atoms with Crippen molar-refractivity contribution >= 4 is 28.1 Å². The van der Waals surface area contributed by atoms with E-state index in [1.807, 2.05) is 35.2 Å². The first kappa shape index (κ1) is 15.1. The fourth-order valence-electron chi connectivity index (χ4n) is 3.15. The van der Waals surface area contributed by atoms with Gasteiger partial charge in [-0.25, -0.2) is 9.97 Å². The molecule has 1 aliphatic rings. The maximum absolute atomic E-state index is 12.6. The number of rotatable bonds is 4. The van der Waals surface area contributed by atoms with Gasteiger partial charge in [-0.15, -0.1) is 11.3 Å². The summed E-state index contributed by atoms with van der Waals surface area (Å²) in [5.74, 6) is 0.467. The molecule has 2 aromatic heterocycles. The highest BCUT2D eigenvalue weighted by atomic mass is 32.1. The van der Waals surface area contributed by atoms with Crippen molar-refractivity contribution in [3.8, 4) is 5.88 Å². The number of hydrogen-bond donors (Lipinski definition) is 0. The van der Waals surface area contributed by atoms with Crippen LogP contribution in [0.1, 0.15) is 23.8 Å². The molecule has 122 valence electrons. The number of aromatic nitrogens is 2. The van der Waals surface area contributed by atoms with Gasteiger partial charge in [0.05, 0.1) is 16.9 Å². The number of carbonyl (C=O) groups excluding carboxylic acids is 1. The average Bonchev–Trinajstić information content (AvgIpc) is 3.30. The zero-order valence-electron chi connectivity index (χ0n) is 13.1. The molecule has 6 heteroatoms. The molecule has 24 heavy (non-hydrogen) atoms. The van der Waals surface area contributed by atoms with Gasteiger partial charge in [0, 0.05) is 11.4 Å². The summed E-state index contributed by atoms with van der Waals surface area (Å²) in [6, 6.07) is 11.9. The molecule has 1 unspecified atom stereocenters. The number of para-hydroxylation sites is 1. The summed E-state index contributed by atoms with van der Waals surface area (Å²) in [6.45, 7) is 0.790. The zero-order valence-corrected chi connectivity index (χ0v) is 13.9. The lowest BCUT2D eigenvalue weighted by atomic mass is 10.2. The Bertz CT molecular complexity index is 845. The molecule has 0 spiro atoms. The molecule has 1 amide bonds. The summed E-state index contributed by atoms with van der Waals surface area (Å²) >= 11 is 1.70. The van der Waals surface area contributed by atoms with Crippen LogP contribution >= 0.6 is 11.3 Å². The lowest BCUT2D eigenvalue weighted by Gasteiger charge is -2.23. The Hall–Kier alpha value is -2.47. The topological polar surface area (TPSA) is 55.3 Å². The molecule has 0 saturated carbocycles. The second-order valence-corrected chi connectivity index (χ2v) is 6.72. The van der Waals surface area contributed by atoms with Crippen LogP contribution in [0.15, 0.2) is 48.1 Å². The van der Waals surface area contributed by atoms with E-state index in [-0.39, 0.29) is 18.6 Å². The van der Waals surface area contributed by atoms with Gasteiger partial charge in [0.25, 0.3) is 5.91 Å². The van der Waals surface area contributed by atoms with Crippen LogP contribution in [0, 0.1) is 0 Å².